The maximum Gasteiger partial charge on any atom is 0.335 e. The second-order valence-electron chi connectivity index (χ2n) is 5.20. The van der Waals surface area contributed by atoms with Crippen LogP contribution in [0.3, 0.4) is 0 Å². The van der Waals surface area contributed by atoms with Gasteiger partial charge in [-0.1, -0.05) is 66.2 Å². The van der Waals surface area contributed by atoms with Crippen molar-refractivity contribution >= 4 is 41.2 Å². The molecule has 0 saturated carbocycles. The van der Waals surface area contributed by atoms with Crippen molar-refractivity contribution < 1.29 is 14.4 Å². The number of anilines is 1. The highest BCUT2D eigenvalue weighted by atomic mass is 35.5. The Labute approximate surface area is 149 Å². The molecule has 3 rings (SSSR count). The highest BCUT2D eigenvalue weighted by Gasteiger charge is 2.37. The Hall–Kier alpha value is -3.18. The van der Waals surface area contributed by atoms with Gasteiger partial charge in [0, 0.05) is 0 Å². The summed E-state index contributed by atoms with van der Waals surface area (Å²) >= 11 is 6.06. The van der Waals surface area contributed by atoms with E-state index in [9.17, 15) is 14.4 Å². The van der Waals surface area contributed by atoms with E-state index < -0.39 is 17.8 Å². The smallest absolute Gasteiger partial charge is 0.273 e. The van der Waals surface area contributed by atoms with Gasteiger partial charge in [0.15, 0.2) is 0 Å². The van der Waals surface area contributed by atoms with Gasteiger partial charge in [0.2, 0.25) is 0 Å². The number of rotatable bonds is 3. The van der Waals surface area contributed by atoms with E-state index in [0.717, 1.165) is 10.5 Å². The molecule has 2 aromatic rings. The lowest BCUT2D eigenvalue weighted by Gasteiger charge is -2.26. The number of nitrogens with zero attached hydrogens (tertiary/aromatic N) is 1. The van der Waals surface area contributed by atoms with Gasteiger partial charge in [0.25, 0.3) is 11.8 Å². The first kappa shape index (κ1) is 16.7. The Balaban J connectivity index is 1.92. The number of barbiturate groups is 1. The van der Waals surface area contributed by atoms with Gasteiger partial charge in [-0.15, -0.1) is 0 Å². The highest BCUT2D eigenvalue weighted by molar-refractivity contribution is 6.41. The number of benzene rings is 2. The van der Waals surface area contributed by atoms with Crippen LogP contribution in [0, 0.1) is 0 Å². The lowest BCUT2D eigenvalue weighted by atomic mass is 10.1. The number of halogens is 1. The topological polar surface area (TPSA) is 66.5 Å². The Morgan fingerprint density at radius 1 is 0.920 bits per heavy atom. The average Bonchev–Trinajstić information content (AvgIpc) is 2.60. The summed E-state index contributed by atoms with van der Waals surface area (Å²) in [6, 6.07) is 15.0. The highest BCUT2D eigenvalue weighted by Crippen LogP contribution is 2.28. The van der Waals surface area contributed by atoms with Crippen molar-refractivity contribution in [3.05, 3.63) is 82.9 Å². The van der Waals surface area contributed by atoms with E-state index in [0.29, 0.717) is 0 Å². The molecular weight excluding hydrogens is 340 g/mol. The minimum atomic E-state index is -0.827. The maximum atomic E-state index is 12.6. The van der Waals surface area contributed by atoms with Gasteiger partial charge in [-0.25, -0.2) is 9.69 Å². The number of carbonyl (C=O) groups excluding carboxylic acids is 3. The van der Waals surface area contributed by atoms with E-state index in [-0.39, 0.29) is 16.3 Å². The fourth-order valence-corrected chi connectivity index (χ4v) is 2.57. The Morgan fingerprint density at radius 3 is 2.32 bits per heavy atom. The third kappa shape index (κ3) is 3.51. The molecule has 2 aromatic carbocycles. The predicted octanol–water partition coefficient (Wildman–Crippen LogP) is 3.56. The number of para-hydroxylation sites is 1. The van der Waals surface area contributed by atoms with Gasteiger partial charge in [0.1, 0.15) is 5.57 Å². The van der Waals surface area contributed by atoms with E-state index in [4.69, 9.17) is 11.6 Å². The number of amides is 4. The predicted molar refractivity (Wildman–Crippen MR) is 96.0 cm³/mol. The largest absolute Gasteiger partial charge is 0.335 e. The van der Waals surface area contributed by atoms with Crippen LogP contribution in [0.2, 0.25) is 5.02 Å². The average molecular weight is 353 g/mol. The summed E-state index contributed by atoms with van der Waals surface area (Å²) in [5, 5.41) is 2.39. The minimum absolute atomic E-state index is 0.147. The molecule has 1 aliphatic rings. The van der Waals surface area contributed by atoms with Crippen LogP contribution in [0.1, 0.15) is 5.56 Å². The fourth-order valence-electron chi connectivity index (χ4n) is 2.35. The zero-order valence-corrected chi connectivity index (χ0v) is 13.7. The van der Waals surface area contributed by atoms with Gasteiger partial charge < -0.3 is 0 Å². The number of urea groups is 1. The molecule has 1 heterocycles. The van der Waals surface area contributed by atoms with Crippen molar-refractivity contribution in [1.29, 1.82) is 0 Å². The number of imide groups is 2. The number of hydrogen-bond donors (Lipinski definition) is 1. The minimum Gasteiger partial charge on any atom is -0.273 e. The molecule has 1 N–H and O–H groups in total. The van der Waals surface area contributed by atoms with E-state index >= 15 is 0 Å². The SMILES string of the molecule is O=C1NC(=O)N(c2ccccc2Cl)C(=O)C1=CC=Cc1ccccc1. The Morgan fingerprint density at radius 2 is 1.60 bits per heavy atom. The second-order valence-corrected chi connectivity index (χ2v) is 5.61. The van der Waals surface area contributed by atoms with Crippen LogP contribution < -0.4 is 10.2 Å². The normalized spacial score (nSPS) is 16.6. The first-order chi connectivity index (χ1) is 12.1. The lowest BCUT2D eigenvalue weighted by Crippen LogP contribution is -2.54. The summed E-state index contributed by atoms with van der Waals surface area (Å²) in [6.45, 7) is 0. The quantitative estimate of drug-likeness (QED) is 0.678. The molecule has 4 amide bonds. The van der Waals surface area contributed by atoms with Crippen LogP contribution in [-0.4, -0.2) is 17.8 Å². The molecule has 0 spiro atoms. The molecule has 0 unspecified atom stereocenters. The van der Waals surface area contributed by atoms with E-state index in [1.165, 1.54) is 12.1 Å². The Kier molecular flexibility index (Phi) is 4.77. The number of allylic oxidation sites excluding steroid dienone is 2. The molecule has 0 atom stereocenters. The molecule has 5 nitrogen and oxygen atoms in total. The van der Waals surface area contributed by atoms with Crippen molar-refractivity contribution in [2.24, 2.45) is 0 Å². The van der Waals surface area contributed by atoms with Crippen molar-refractivity contribution in [3.63, 3.8) is 0 Å². The standard InChI is InChI=1S/C19H13ClN2O3/c20-15-11-4-5-12-16(15)22-18(24)14(17(23)21-19(22)25)10-6-9-13-7-2-1-3-8-13/h1-12H,(H,21,23,25). The second kappa shape index (κ2) is 7.15. The summed E-state index contributed by atoms with van der Waals surface area (Å²) in [5.41, 5.74) is 0.992. The third-order valence-corrected chi connectivity index (χ3v) is 3.87. The summed E-state index contributed by atoms with van der Waals surface area (Å²) in [5.74, 6) is -1.46. The molecule has 124 valence electrons. The Bertz CT molecular complexity index is 904. The van der Waals surface area contributed by atoms with Crippen LogP contribution in [0.4, 0.5) is 10.5 Å². The molecule has 0 radical (unpaired) electrons. The van der Waals surface area contributed by atoms with Crippen molar-refractivity contribution in [3.8, 4) is 0 Å². The summed E-state index contributed by atoms with van der Waals surface area (Å²) in [6.07, 6.45) is 4.72. The first-order valence-electron chi connectivity index (χ1n) is 7.45. The van der Waals surface area contributed by atoms with Gasteiger partial charge >= 0.3 is 6.03 Å². The van der Waals surface area contributed by atoms with Crippen LogP contribution in [0.15, 0.2) is 72.3 Å². The van der Waals surface area contributed by atoms with Crippen molar-refractivity contribution in [2.45, 2.75) is 0 Å². The van der Waals surface area contributed by atoms with Gasteiger partial charge in [0.05, 0.1) is 10.7 Å². The van der Waals surface area contributed by atoms with E-state index in [1.807, 2.05) is 30.3 Å². The maximum absolute atomic E-state index is 12.6. The monoisotopic (exact) mass is 352 g/mol. The molecule has 1 aliphatic heterocycles. The summed E-state index contributed by atoms with van der Waals surface area (Å²) in [4.78, 5) is 37.6. The van der Waals surface area contributed by atoms with Gasteiger partial charge in [-0.05, 0) is 23.8 Å². The van der Waals surface area contributed by atoms with Gasteiger partial charge in [-0.3, -0.25) is 14.9 Å². The zero-order valence-electron chi connectivity index (χ0n) is 13.0. The molecule has 1 saturated heterocycles. The van der Waals surface area contributed by atoms with Crippen molar-refractivity contribution in [1.82, 2.24) is 5.32 Å². The number of carbonyl (C=O) groups is 3. The van der Waals surface area contributed by atoms with E-state index in [1.54, 1.807) is 30.4 Å². The van der Waals surface area contributed by atoms with Crippen LogP contribution in [0.5, 0.6) is 0 Å². The first-order valence-corrected chi connectivity index (χ1v) is 7.83. The molecule has 25 heavy (non-hydrogen) atoms. The molecule has 0 bridgehead atoms. The molecule has 6 heteroatoms. The fraction of sp³-hybridized carbons (Fsp3) is 0. The van der Waals surface area contributed by atoms with Crippen LogP contribution >= 0.6 is 11.6 Å². The lowest BCUT2D eigenvalue weighted by molar-refractivity contribution is -0.122. The van der Waals surface area contributed by atoms with Crippen LogP contribution in [-0.2, 0) is 9.59 Å². The van der Waals surface area contributed by atoms with E-state index in [2.05, 4.69) is 5.32 Å². The summed E-state index contributed by atoms with van der Waals surface area (Å²) < 4.78 is 0. The van der Waals surface area contributed by atoms with Gasteiger partial charge in [-0.2, -0.15) is 0 Å². The molecular formula is C19H13ClN2O3. The molecule has 0 aliphatic carbocycles. The molecule has 0 aromatic heterocycles. The number of nitrogens with one attached hydrogen (secondary N) is 1. The van der Waals surface area contributed by atoms with Crippen molar-refractivity contribution in [2.75, 3.05) is 4.90 Å². The zero-order chi connectivity index (χ0) is 17.8. The molecule has 1 fully saturated rings. The number of hydrogen-bond acceptors (Lipinski definition) is 3. The third-order valence-electron chi connectivity index (χ3n) is 3.55. The van der Waals surface area contributed by atoms with Crippen LogP contribution in [0.25, 0.3) is 6.08 Å². The summed E-state index contributed by atoms with van der Waals surface area (Å²) in [7, 11) is 0.